The molecule has 1 N–H and O–H groups in total. The molecule has 0 aromatic heterocycles. The molecule has 1 fully saturated rings. The molecule has 2 rings (SSSR count). The molecule has 0 aliphatic carbocycles. The highest BCUT2D eigenvalue weighted by molar-refractivity contribution is 5.25. The molecule has 0 radical (unpaired) electrons. The van der Waals surface area contributed by atoms with Gasteiger partial charge in [0.2, 0.25) is 0 Å². The first-order valence-electron chi connectivity index (χ1n) is 5.19. The molecule has 2 atom stereocenters. The van der Waals surface area contributed by atoms with Crippen molar-refractivity contribution < 1.29 is 4.74 Å². The second-order valence-corrected chi connectivity index (χ2v) is 3.95. The van der Waals surface area contributed by atoms with E-state index in [2.05, 4.69) is 43.4 Å². The largest absolute Gasteiger partial charge is 0.371 e. The van der Waals surface area contributed by atoms with E-state index in [4.69, 9.17) is 4.74 Å². The standard InChI is InChI=1S/C12H17NO/c1-9-4-3-5-11(8-9)12-10(2)13-6-7-14-12/h3-5,8,10,12-13H,6-7H2,1-2H3/t10-,12+/m0/s1. The SMILES string of the molecule is Cc1cccc([C@@H]2OCCN[C@H]2C)c1. The van der Waals surface area contributed by atoms with Gasteiger partial charge in [0.1, 0.15) is 0 Å². The smallest absolute Gasteiger partial charge is 0.0975 e. The Morgan fingerprint density at radius 1 is 1.43 bits per heavy atom. The fraction of sp³-hybridized carbons (Fsp3) is 0.500. The molecule has 1 aromatic carbocycles. The second-order valence-electron chi connectivity index (χ2n) is 3.95. The van der Waals surface area contributed by atoms with Crippen LogP contribution in [0, 0.1) is 6.92 Å². The molecule has 0 spiro atoms. The van der Waals surface area contributed by atoms with Gasteiger partial charge < -0.3 is 10.1 Å². The van der Waals surface area contributed by atoms with Crippen LogP contribution in [0.2, 0.25) is 0 Å². The van der Waals surface area contributed by atoms with E-state index in [0.717, 1.165) is 13.2 Å². The van der Waals surface area contributed by atoms with E-state index in [-0.39, 0.29) is 6.10 Å². The summed E-state index contributed by atoms with van der Waals surface area (Å²) in [5.41, 5.74) is 2.58. The van der Waals surface area contributed by atoms with Crippen LogP contribution in [0.15, 0.2) is 24.3 Å². The van der Waals surface area contributed by atoms with E-state index in [9.17, 15) is 0 Å². The zero-order valence-corrected chi connectivity index (χ0v) is 8.79. The van der Waals surface area contributed by atoms with Crippen molar-refractivity contribution in [2.24, 2.45) is 0 Å². The van der Waals surface area contributed by atoms with Gasteiger partial charge in [-0.15, -0.1) is 0 Å². The Hall–Kier alpha value is -0.860. The van der Waals surface area contributed by atoms with E-state index in [0.29, 0.717) is 6.04 Å². The summed E-state index contributed by atoms with van der Waals surface area (Å²) >= 11 is 0. The minimum absolute atomic E-state index is 0.212. The van der Waals surface area contributed by atoms with Crippen molar-refractivity contribution >= 4 is 0 Å². The predicted octanol–water partition coefficient (Wildman–Crippen LogP) is 2.04. The predicted molar refractivity (Wildman–Crippen MR) is 57.3 cm³/mol. The zero-order chi connectivity index (χ0) is 9.97. The maximum absolute atomic E-state index is 5.77. The van der Waals surface area contributed by atoms with Crippen LogP contribution in [0.5, 0.6) is 0 Å². The summed E-state index contributed by atoms with van der Waals surface area (Å²) in [5, 5.41) is 3.42. The van der Waals surface area contributed by atoms with Crippen molar-refractivity contribution in [3.8, 4) is 0 Å². The lowest BCUT2D eigenvalue weighted by atomic mass is 10.0. The van der Waals surface area contributed by atoms with Crippen LogP contribution in [0.4, 0.5) is 0 Å². The van der Waals surface area contributed by atoms with Crippen molar-refractivity contribution in [3.05, 3.63) is 35.4 Å². The number of rotatable bonds is 1. The van der Waals surface area contributed by atoms with E-state index < -0.39 is 0 Å². The van der Waals surface area contributed by atoms with Gasteiger partial charge in [-0.1, -0.05) is 29.8 Å². The molecular formula is C12H17NO. The molecular weight excluding hydrogens is 174 g/mol. The van der Waals surface area contributed by atoms with E-state index in [1.165, 1.54) is 11.1 Å². The Bertz CT molecular complexity index is 311. The van der Waals surface area contributed by atoms with Crippen LogP contribution in [-0.4, -0.2) is 19.2 Å². The number of hydrogen-bond acceptors (Lipinski definition) is 2. The molecule has 14 heavy (non-hydrogen) atoms. The van der Waals surface area contributed by atoms with Gasteiger partial charge in [0, 0.05) is 12.6 Å². The van der Waals surface area contributed by atoms with Crippen LogP contribution in [0.25, 0.3) is 0 Å². The quantitative estimate of drug-likeness (QED) is 0.733. The summed E-state index contributed by atoms with van der Waals surface area (Å²) in [6.07, 6.45) is 0.212. The zero-order valence-electron chi connectivity index (χ0n) is 8.79. The van der Waals surface area contributed by atoms with Gasteiger partial charge in [-0.2, -0.15) is 0 Å². The summed E-state index contributed by atoms with van der Waals surface area (Å²) < 4.78 is 5.77. The molecule has 1 aromatic rings. The maximum atomic E-state index is 5.77. The first-order valence-corrected chi connectivity index (χ1v) is 5.19. The lowest BCUT2D eigenvalue weighted by molar-refractivity contribution is -0.000250. The Labute approximate surface area is 85.3 Å². The summed E-state index contributed by atoms with van der Waals surface area (Å²) in [4.78, 5) is 0. The van der Waals surface area contributed by atoms with Gasteiger partial charge in [-0.05, 0) is 19.4 Å². The Balaban J connectivity index is 2.20. The topological polar surface area (TPSA) is 21.3 Å². The molecule has 76 valence electrons. The number of aryl methyl sites for hydroxylation is 1. The molecule has 2 nitrogen and oxygen atoms in total. The normalized spacial score (nSPS) is 27.6. The monoisotopic (exact) mass is 191 g/mol. The molecule has 1 heterocycles. The number of nitrogens with one attached hydrogen (secondary N) is 1. The Morgan fingerprint density at radius 2 is 2.29 bits per heavy atom. The minimum Gasteiger partial charge on any atom is -0.371 e. The van der Waals surface area contributed by atoms with Gasteiger partial charge in [0.05, 0.1) is 12.7 Å². The summed E-state index contributed by atoms with van der Waals surface area (Å²) in [7, 11) is 0. The summed E-state index contributed by atoms with van der Waals surface area (Å²) in [6.45, 7) is 6.06. The Kier molecular flexibility index (Phi) is 2.85. The van der Waals surface area contributed by atoms with E-state index >= 15 is 0 Å². The van der Waals surface area contributed by atoms with Crippen molar-refractivity contribution in [1.29, 1.82) is 0 Å². The third kappa shape index (κ3) is 1.97. The van der Waals surface area contributed by atoms with Crippen molar-refractivity contribution in [1.82, 2.24) is 5.32 Å². The molecule has 0 saturated carbocycles. The van der Waals surface area contributed by atoms with Crippen molar-refractivity contribution in [2.45, 2.75) is 26.0 Å². The molecule has 1 aliphatic rings. The highest BCUT2D eigenvalue weighted by atomic mass is 16.5. The first kappa shape index (κ1) is 9.69. The molecule has 1 saturated heterocycles. The van der Waals surface area contributed by atoms with Crippen LogP contribution >= 0.6 is 0 Å². The van der Waals surface area contributed by atoms with Gasteiger partial charge in [0.25, 0.3) is 0 Å². The maximum Gasteiger partial charge on any atom is 0.0975 e. The number of morpholine rings is 1. The molecule has 0 amide bonds. The van der Waals surface area contributed by atoms with Gasteiger partial charge in [-0.25, -0.2) is 0 Å². The number of benzene rings is 1. The van der Waals surface area contributed by atoms with Gasteiger partial charge in [0.15, 0.2) is 0 Å². The van der Waals surface area contributed by atoms with Crippen LogP contribution in [0.1, 0.15) is 24.2 Å². The molecule has 0 unspecified atom stereocenters. The molecule has 2 heteroatoms. The highest BCUT2D eigenvalue weighted by Gasteiger charge is 2.22. The van der Waals surface area contributed by atoms with Gasteiger partial charge in [-0.3, -0.25) is 0 Å². The van der Waals surface area contributed by atoms with Crippen molar-refractivity contribution in [3.63, 3.8) is 0 Å². The number of hydrogen-bond donors (Lipinski definition) is 1. The van der Waals surface area contributed by atoms with E-state index in [1.807, 2.05) is 0 Å². The minimum atomic E-state index is 0.212. The van der Waals surface area contributed by atoms with E-state index in [1.54, 1.807) is 0 Å². The summed E-state index contributed by atoms with van der Waals surface area (Å²) in [6, 6.07) is 8.96. The average Bonchev–Trinajstić information content (AvgIpc) is 2.18. The third-order valence-corrected chi connectivity index (χ3v) is 2.69. The van der Waals surface area contributed by atoms with Crippen LogP contribution in [0.3, 0.4) is 0 Å². The van der Waals surface area contributed by atoms with Crippen LogP contribution in [-0.2, 0) is 4.74 Å². The molecule has 0 bridgehead atoms. The lowest BCUT2D eigenvalue weighted by Crippen LogP contribution is -2.41. The fourth-order valence-corrected chi connectivity index (χ4v) is 1.96. The van der Waals surface area contributed by atoms with Crippen LogP contribution < -0.4 is 5.32 Å². The highest BCUT2D eigenvalue weighted by Crippen LogP contribution is 2.23. The molecule has 1 aliphatic heterocycles. The fourth-order valence-electron chi connectivity index (χ4n) is 1.96. The number of ether oxygens (including phenoxy) is 1. The first-order chi connectivity index (χ1) is 6.77. The second kappa shape index (κ2) is 4.11. The Morgan fingerprint density at radius 3 is 3.00 bits per heavy atom. The average molecular weight is 191 g/mol. The summed E-state index contributed by atoms with van der Waals surface area (Å²) in [5.74, 6) is 0. The van der Waals surface area contributed by atoms with Crippen molar-refractivity contribution in [2.75, 3.05) is 13.2 Å². The third-order valence-electron chi connectivity index (χ3n) is 2.69. The lowest BCUT2D eigenvalue weighted by Gasteiger charge is -2.30. The van der Waals surface area contributed by atoms with Gasteiger partial charge >= 0.3 is 0 Å².